The molecule has 4 heteroatoms. The van der Waals surface area contributed by atoms with E-state index in [0.717, 1.165) is 43.3 Å². The normalized spacial score (nSPS) is 19.5. The number of rotatable bonds is 4. The van der Waals surface area contributed by atoms with Crippen molar-refractivity contribution in [1.82, 2.24) is 4.98 Å². The predicted octanol–water partition coefficient (Wildman–Crippen LogP) is 1.98. The van der Waals surface area contributed by atoms with Crippen LogP contribution in [0.2, 0.25) is 0 Å². The summed E-state index contributed by atoms with van der Waals surface area (Å²) in [5, 5.41) is 0. The first-order valence-electron chi connectivity index (χ1n) is 6.30. The lowest BCUT2D eigenvalue weighted by molar-refractivity contribution is 0.115. The van der Waals surface area contributed by atoms with Gasteiger partial charge in [0.05, 0.1) is 17.5 Å². The van der Waals surface area contributed by atoms with Gasteiger partial charge in [-0.15, -0.1) is 0 Å². The summed E-state index contributed by atoms with van der Waals surface area (Å²) in [4.78, 5) is 6.78. The van der Waals surface area contributed by atoms with E-state index < -0.39 is 0 Å². The number of pyridine rings is 1. The molecular formula is C13H21N3O. The largest absolute Gasteiger partial charge is 0.397 e. The van der Waals surface area contributed by atoms with Gasteiger partial charge in [0.15, 0.2) is 0 Å². The summed E-state index contributed by atoms with van der Waals surface area (Å²) in [6.45, 7) is 6.85. The molecule has 94 valence electrons. The highest BCUT2D eigenvalue weighted by molar-refractivity contribution is 5.50. The van der Waals surface area contributed by atoms with Crippen LogP contribution in [-0.2, 0) is 4.74 Å². The van der Waals surface area contributed by atoms with Crippen LogP contribution in [0.4, 0.5) is 11.5 Å². The third-order valence-electron chi connectivity index (χ3n) is 3.27. The van der Waals surface area contributed by atoms with Crippen LogP contribution in [0, 0.1) is 6.92 Å². The molecule has 4 nitrogen and oxygen atoms in total. The summed E-state index contributed by atoms with van der Waals surface area (Å²) in [6.07, 6.45) is 2.69. The van der Waals surface area contributed by atoms with E-state index in [0.29, 0.717) is 6.10 Å². The van der Waals surface area contributed by atoms with Crippen LogP contribution in [-0.4, -0.2) is 30.8 Å². The lowest BCUT2D eigenvalue weighted by Gasteiger charge is -2.25. The van der Waals surface area contributed by atoms with Gasteiger partial charge in [-0.1, -0.05) is 0 Å². The first-order chi connectivity index (χ1) is 8.20. The zero-order valence-electron chi connectivity index (χ0n) is 10.6. The van der Waals surface area contributed by atoms with E-state index in [1.807, 2.05) is 19.1 Å². The number of aromatic nitrogens is 1. The van der Waals surface area contributed by atoms with E-state index in [1.165, 1.54) is 6.42 Å². The maximum atomic E-state index is 5.79. The molecule has 0 saturated carbocycles. The van der Waals surface area contributed by atoms with Gasteiger partial charge in [-0.25, -0.2) is 4.98 Å². The minimum atomic E-state index is 0.356. The topological polar surface area (TPSA) is 51.4 Å². The van der Waals surface area contributed by atoms with E-state index in [-0.39, 0.29) is 0 Å². The van der Waals surface area contributed by atoms with Gasteiger partial charge in [0.25, 0.3) is 0 Å². The van der Waals surface area contributed by atoms with Crippen molar-refractivity contribution in [2.24, 2.45) is 0 Å². The highest BCUT2D eigenvalue weighted by Crippen LogP contribution is 2.19. The molecule has 2 heterocycles. The summed E-state index contributed by atoms with van der Waals surface area (Å²) in [7, 11) is 0. The lowest BCUT2D eigenvalue weighted by atomic mass is 10.2. The predicted molar refractivity (Wildman–Crippen MR) is 70.2 cm³/mol. The Hall–Kier alpha value is -1.29. The fraction of sp³-hybridized carbons (Fsp3) is 0.615. The van der Waals surface area contributed by atoms with Gasteiger partial charge in [-0.2, -0.15) is 0 Å². The van der Waals surface area contributed by atoms with E-state index >= 15 is 0 Å². The van der Waals surface area contributed by atoms with E-state index in [4.69, 9.17) is 10.5 Å². The van der Waals surface area contributed by atoms with E-state index in [1.54, 1.807) is 0 Å². The Labute approximate surface area is 103 Å². The smallest absolute Gasteiger partial charge is 0.129 e. The number of hydrogen-bond acceptors (Lipinski definition) is 4. The van der Waals surface area contributed by atoms with Crippen LogP contribution >= 0.6 is 0 Å². The number of likely N-dealkylation sites (N-methyl/N-ethyl adjacent to an activating group) is 1. The monoisotopic (exact) mass is 235 g/mol. The van der Waals surface area contributed by atoms with Gasteiger partial charge >= 0.3 is 0 Å². The number of nitrogens with two attached hydrogens (primary N) is 1. The molecular weight excluding hydrogens is 214 g/mol. The lowest BCUT2D eigenvalue weighted by Crippen LogP contribution is -2.32. The first-order valence-corrected chi connectivity index (χ1v) is 6.30. The second-order valence-electron chi connectivity index (χ2n) is 4.52. The van der Waals surface area contributed by atoms with Crippen molar-refractivity contribution in [3.05, 3.63) is 17.8 Å². The van der Waals surface area contributed by atoms with Crippen molar-refractivity contribution in [1.29, 1.82) is 0 Å². The zero-order chi connectivity index (χ0) is 12.3. The molecule has 0 bridgehead atoms. The molecule has 1 aromatic heterocycles. The maximum absolute atomic E-state index is 5.79. The third-order valence-corrected chi connectivity index (χ3v) is 3.27. The molecule has 2 rings (SSSR count). The molecule has 0 amide bonds. The number of hydrogen-bond donors (Lipinski definition) is 1. The highest BCUT2D eigenvalue weighted by Gasteiger charge is 2.19. The number of anilines is 2. The molecule has 0 aliphatic carbocycles. The van der Waals surface area contributed by atoms with Crippen LogP contribution in [0.15, 0.2) is 12.1 Å². The van der Waals surface area contributed by atoms with Crippen LogP contribution in [0.1, 0.15) is 25.5 Å². The molecule has 1 aliphatic rings. The van der Waals surface area contributed by atoms with Crippen molar-refractivity contribution in [3.8, 4) is 0 Å². The number of aryl methyl sites for hydroxylation is 1. The Balaban J connectivity index is 2.08. The van der Waals surface area contributed by atoms with Crippen molar-refractivity contribution < 1.29 is 4.74 Å². The molecule has 1 aliphatic heterocycles. The summed E-state index contributed by atoms with van der Waals surface area (Å²) in [6, 6.07) is 3.91. The van der Waals surface area contributed by atoms with Gasteiger partial charge in [-0.05, 0) is 38.8 Å². The van der Waals surface area contributed by atoms with Gasteiger partial charge in [0.2, 0.25) is 0 Å². The number of nitrogens with zero attached hydrogens (tertiary/aromatic N) is 2. The Bertz CT molecular complexity index is 375. The van der Waals surface area contributed by atoms with Crippen molar-refractivity contribution in [2.45, 2.75) is 32.8 Å². The maximum Gasteiger partial charge on any atom is 0.129 e. The Morgan fingerprint density at radius 1 is 1.53 bits per heavy atom. The molecule has 0 spiro atoms. The second kappa shape index (κ2) is 5.36. The average Bonchev–Trinajstić information content (AvgIpc) is 2.82. The Morgan fingerprint density at radius 3 is 2.94 bits per heavy atom. The van der Waals surface area contributed by atoms with Crippen LogP contribution < -0.4 is 10.6 Å². The fourth-order valence-electron chi connectivity index (χ4n) is 2.15. The van der Waals surface area contributed by atoms with Gasteiger partial charge in [-0.3, -0.25) is 0 Å². The van der Waals surface area contributed by atoms with Crippen LogP contribution in [0.25, 0.3) is 0 Å². The zero-order valence-corrected chi connectivity index (χ0v) is 10.6. The van der Waals surface area contributed by atoms with Gasteiger partial charge in [0.1, 0.15) is 5.82 Å². The second-order valence-corrected chi connectivity index (χ2v) is 4.52. The van der Waals surface area contributed by atoms with Gasteiger partial charge in [0, 0.05) is 19.7 Å². The molecule has 0 aromatic carbocycles. The first kappa shape index (κ1) is 12.2. The third kappa shape index (κ3) is 2.88. The number of nitrogen functional groups attached to an aromatic ring is 1. The molecule has 1 aromatic rings. The molecule has 0 radical (unpaired) electrons. The molecule has 1 unspecified atom stereocenters. The molecule has 1 atom stereocenters. The molecule has 1 saturated heterocycles. The van der Waals surface area contributed by atoms with Crippen molar-refractivity contribution in [2.75, 3.05) is 30.3 Å². The summed E-state index contributed by atoms with van der Waals surface area (Å²) in [5.74, 6) is 0.995. The quantitative estimate of drug-likeness (QED) is 0.867. The van der Waals surface area contributed by atoms with E-state index in [2.05, 4.69) is 16.8 Å². The summed E-state index contributed by atoms with van der Waals surface area (Å²) < 4.78 is 5.67. The highest BCUT2D eigenvalue weighted by atomic mass is 16.5. The van der Waals surface area contributed by atoms with Crippen LogP contribution in [0.5, 0.6) is 0 Å². The molecule has 17 heavy (non-hydrogen) atoms. The van der Waals surface area contributed by atoms with Crippen molar-refractivity contribution >= 4 is 11.5 Å². The average molecular weight is 235 g/mol. The van der Waals surface area contributed by atoms with E-state index in [9.17, 15) is 0 Å². The van der Waals surface area contributed by atoms with Crippen molar-refractivity contribution in [3.63, 3.8) is 0 Å². The Kier molecular flexibility index (Phi) is 3.84. The SMILES string of the molecule is CCN(CC1CCCO1)c1ccc(N)c(C)n1. The Morgan fingerprint density at radius 2 is 2.35 bits per heavy atom. The summed E-state index contributed by atoms with van der Waals surface area (Å²) in [5.41, 5.74) is 7.44. The van der Waals surface area contributed by atoms with Crippen LogP contribution in [0.3, 0.4) is 0 Å². The minimum absolute atomic E-state index is 0.356. The standard InChI is InChI=1S/C13H21N3O/c1-3-16(9-11-5-4-8-17-11)13-7-6-12(14)10(2)15-13/h6-7,11H,3-5,8-9,14H2,1-2H3. The molecule has 2 N–H and O–H groups in total. The summed E-state index contributed by atoms with van der Waals surface area (Å²) >= 11 is 0. The van der Waals surface area contributed by atoms with Gasteiger partial charge < -0.3 is 15.4 Å². The molecule has 1 fully saturated rings. The number of ether oxygens (including phenoxy) is 1. The fourth-order valence-corrected chi connectivity index (χ4v) is 2.15. The minimum Gasteiger partial charge on any atom is -0.397 e.